The van der Waals surface area contributed by atoms with E-state index in [1.165, 1.54) is 18.2 Å². The minimum absolute atomic E-state index is 0.0218. The van der Waals surface area contributed by atoms with Crippen molar-refractivity contribution in [3.05, 3.63) is 71.7 Å². The highest BCUT2D eigenvalue weighted by molar-refractivity contribution is 7.92. The van der Waals surface area contributed by atoms with Crippen molar-refractivity contribution in [1.82, 2.24) is 19.7 Å². The summed E-state index contributed by atoms with van der Waals surface area (Å²) in [7, 11) is -2.08. The second-order valence-electron chi connectivity index (χ2n) is 7.40. The van der Waals surface area contributed by atoms with Crippen molar-refractivity contribution >= 4 is 32.5 Å². The van der Waals surface area contributed by atoms with Crippen molar-refractivity contribution in [1.29, 1.82) is 0 Å². The van der Waals surface area contributed by atoms with Crippen molar-refractivity contribution in [2.45, 2.75) is 13.3 Å². The summed E-state index contributed by atoms with van der Waals surface area (Å²) in [5.41, 5.74) is 0.697. The number of aryl methyl sites for hydroxylation is 1. The predicted molar refractivity (Wildman–Crippen MR) is 119 cm³/mol. The third-order valence-corrected chi connectivity index (χ3v) is 6.34. The molecule has 0 bridgehead atoms. The van der Waals surface area contributed by atoms with Gasteiger partial charge in [0.1, 0.15) is 5.82 Å². The number of rotatable bonds is 7. The molecule has 11 heteroatoms. The van der Waals surface area contributed by atoms with Crippen LogP contribution in [0.4, 0.5) is 14.5 Å². The minimum Gasteiger partial charge on any atom is -0.288 e. The molecule has 0 aliphatic rings. The van der Waals surface area contributed by atoms with Gasteiger partial charge in [-0.3, -0.25) is 19.2 Å². The lowest BCUT2D eigenvalue weighted by Gasteiger charge is -2.12. The van der Waals surface area contributed by atoms with Crippen LogP contribution >= 0.6 is 0 Å². The van der Waals surface area contributed by atoms with E-state index in [2.05, 4.69) is 19.8 Å². The van der Waals surface area contributed by atoms with E-state index in [9.17, 15) is 17.6 Å². The zero-order chi connectivity index (χ0) is 23.8. The summed E-state index contributed by atoms with van der Waals surface area (Å²) in [5.74, 6) is -3.58. The Morgan fingerprint density at radius 1 is 1.12 bits per heavy atom. The fraction of sp³-hybridized carbons (Fsp3) is 0.182. The fourth-order valence-corrected chi connectivity index (χ4v) is 4.45. The maximum absolute atomic E-state index is 15.0. The summed E-state index contributed by atoms with van der Waals surface area (Å²) in [6.45, 7) is 1.65. The highest BCUT2D eigenvalue weighted by Gasteiger charge is 2.24. The molecule has 0 fully saturated rings. The van der Waals surface area contributed by atoms with Gasteiger partial charge in [0, 0.05) is 24.4 Å². The molecule has 0 saturated carbocycles. The molecule has 4 aromatic rings. The summed E-state index contributed by atoms with van der Waals surface area (Å²) in [6.07, 6.45) is 5.23. The first-order valence-corrected chi connectivity index (χ1v) is 11.6. The number of carbonyl (C=O) groups excluding carboxylic acids is 1. The monoisotopic (exact) mass is 471 g/mol. The molecule has 1 N–H and O–H groups in total. The van der Waals surface area contributed by atoms with Gasteiger partial charge in [0.15, 0.2) is 11.6 Å². The topological polar surface area (TPSA) is 107 Å². The number of halogens is 2. The Morgan fingerprint density at radius 3 is 2.61 bits per heavy atom. The van der Waals surface area contributed by atoms with E-state index in [0.717, 1.165) is 12.1 Å². The van der Waals surface area contributed by atoms with Crippen LogP contribution in [0.5, 0.6) is 0 Å². The number of benzene rings is 2. The Labute approximate surface area is 188 Å². The second-order valence-corrected chi connectivity index (χ2v) is 9.24. The number of sulfonamides is 1. The van der Waals surface area contributed by atoms with Gasteiger partial charge >= 0.3 is 0 Å². The lowest BCUT2D eigenvalue weighted by Crippen LogP contribution is -2.18. The first kappa shape index (κ1) is 22.5. The highest BCUT2D eigenvalue weighted by atomic mass is 32.2. The Kier molecular flexibility index (Phi) is 5.90. The van der Waals surface area contributed by atoms with Gasteiger partial charge in [-0.05, 0) is 36.8 Å². The molecule has 0 spiro atoms. The number of nitrogens with zero attached hydrogens (tertiary/aromatic N) is 4. The molecular formula is C22H19F2N5O3S. The Balaban J connectivity index is 1.74. The summed E-state index contributed by atoms with van der Waals surface area (Å²) in [5, 5.41) is 4.09. The lowest BCUT2D eigenvalue weighted by molar-refractivity contribution is 0.103. The Morgan fingerprint density at radius 2 is 1.91 bits per heavy atom. The quantitative estimate of drug-likeness (QED) is 0.412. The van der Waals surface area contributed by atoms with Crippen LogP contribution in [0.1, 0.15) is 29.3 Å². The molecule has 33 heavy (non-hydrogen) atoms. The van der Waals surface area contributed by atoms with Crippen LogP contribution < -0.4 is 4.72 Å². The summed E-state index contributed by atoms with van der Waals surface area (Å²) in [6, 6.07) is 6.08. The minimum atomic E-state index is -3.83. The molecule has 2 aromatic heterocycles. The van der Waals surface area contributed by atoms with Crippen molar-refractivity contribution in [3.63, 3.8) is 0 Å². The SMILES string of the molecule is CCCS(=O)(=O)Nc1ccc(F)c(C(=O)c2ccc3ncc(-c4cnn(C)c4)nc3c2)c1F. The molecule has 170 valence electrons. The Hall–Kier alpha value is -3.73. The van der Waals surface area contributed by atoms with E-state index < -0.39 is 38.7 Å². The largest absolute Gasteiger partial charge is 0.288 e. The van der Waals surface area contributed by atoms with Gasteiger partial charge in [-0.25, -0.2) is 22.2 Å². The number of hydrogen-bond donors (Lipinski definition) is 1. The van der Waals surface area contributed by atoms with Gasteiger partial charge in [0.05, 0.1) is 46.1 Å². The lowest BCUT2D eigenvalue weighted by atomic mass is 10.0. The number of hydrogen-bond acceptors (Lipinski definition) is 6. The van der Waals surface area contributed by atoms with Crippen molar-refractivity contribution in [2.75, 3.05) is 10.5 Å². The third-order valence-electron chi connectivity index (χ3n) is 4.86. The zero-order valence-electron chi connectivity index (χ0n) is 17.7. The van der Waals surface area contributed by atoms with Gasteiger partial charge < -0.3 is 0 Å². The highest BCUT2D eigenvalue weighted by Crippen LogP contribution is 2.26. The first-order chi connectivity index (χ1) is 15.7. The maximum Gasteiger partial charge on any atom is 0.232 e. The van der Waals surface area contributed by atoms with Gasteiger partial charge in [0.2, 0.25) is 10.0 Å². The number of anilines is 1. The van der Waals surface area contributed by atoms with Gasteiger partial charge in [0.25, 0.3) is 0 Å². The number of nitrogens with one attached hydrogen (secondary N) is 1. The normalized spacial score (nSPS) is 11.6. The van der Waals surface area contributed by atoms with E-state index in [0.29, 0.717) is 28.7 Å². The molecule has 0 unspecified atom stereocenters. The molecule has 0 amide bonds. The van der Waals surface area contributed by atoms with E-state index in [-0.39, 0.29) is 11.3 Å². The molecule has 0 saturated heterocycles. The molecule has 2 heterocycles. The molecule has 0 aliphatic carbocycles. The van der Waals surface area contributed by atoms with Crippen LogP contribution in [0, 0.1) is 11.6 Å². The van der Waals surface area contributed by atoms with E-state index in [4.69, 9.17) is 0 Å². The van der Waals surface area contributed by atoms with E-state index in [1.54, 1.807) is 37.2 Å². The summed E-state index contributed by atoms with van der Waals surface area (Å²) >= 11 is 0. The fourth-order valence-electron chi connectivity index (χ4n) is 3.32. The van der Waals surface area contributed by atoms with Crippen LogP contribution in [0.15, 0.2) is 48.9 Å². The number of aromatic nitrogens is 4. The molecule has 8 nitrogen and oxygen atoms in total. The van der Waals surface area contributed by atoms with E-state index in [1.807, 2.05) is 0 Å². The Bertz CT molecular complexity index is 1480. The zero-order valence-corrected chi connectivity index (χ0v) is 18.5. The standard InChI is InChI=1S/C22H19F2N5O3S/c1-3-8-33(31,32)28-17-7-5-15(23)20(21(17)24)22(30)13-4-6-16-18(9-13)27-19(11-25-16)14-10-26-29(2)12-14/h4-7,9-12,28H,3,8H2,1-2H3. The molecular weight excluding hydrogens is 452 g/mol. The average Bonchev–Trinajstić information content (AvgIpc) is 3.21. The van der Waals surface area contributed by atoms with Crippen LogP contribution in [-0.2, 0) is 17.1 Å². The number of fused-ring (bicyclic) bond motifs is 1. The van der Waals surface area contributed by atoms with Crippen LogP contribution in [0.25, 0.3) is 22.3 Å². The van der Waals surface area contributed by atoms with Gasteiger partial charge in [-0.2, -0.15) is 5.10 Å². The summed E-state index contributed by atoms with van der Waals surface area (Å²) in [4.78, 5) is 21.8. The third kappa shape index (κ3) is 4.58. The predicted octanol–water partition coefficient (Wildman–Crippen LogP) is 3.69. The molecule has 0 atom stereocenters. The van der Waals surface area contributed by atoms with E-state index >= 15 is 4.39 Å². The van der Waals surface area contributed by atoms with Crippen molar-refractivity contribution in [2.24, 2.45) is 7.05 Å². The summed E-state index contributed by atoms with van der Waals surface area (Å²) < 4.78 is 57.2. The molecule has 4 rings (SSSR count). The number of ketones is 1. The second kappa shape index (κ2) is 8.66. The van der Waals surface area contributed by atoms with Crippen molar-refractivity contribution in [3.8, 4) is 11.3 Å². The average molecular weight is 471 g/mol. The van der Waals surface area contributed by atoms with Gasteiger partial charge in [-0.1, -0.05) is 6.92 Å². The van der Waals surface area contributed by atoms with Crippen molar-refractivity contribution < 1.29 is 22.0 Å². The molecule has 0 radical (unpaired) electrons. The molecule has 2 aromatic carbocycles. The maximum atomic E-state index is 15.0. The smallest absolute Gasteiger partial charge is 0.232 e. The van der Waals surface area contributed by atoms with Crippen LogP contribution in [0.2, 0.25) is 0 Å². The van der Waals surface area contributed by atoms with Gasteiger partial charge in [-0.15, -0.1) is 0 Å². The van der Waals surface area contributed by atoms with Crippen LogP contribution in [-0.4, -0.2) is 39.7 Å². The number of carbonyl (C=O) groups is 1. The first-order valence-electron chi connectivity index (χ1n) is 9.97. The molecule has 0 aliphatic heterocycles. The van der Waals surface area contributed by atoms with Crippen LogP contribution in [0.3, 0.4) is 0 Å².